The zero-order valence-electron chi connectivity index (χ0n) is 21.5. The molecule has 1 N–H and O–H groups in total. The molecule has 4 rings (SSSR count). The molecule has 1 heterocycles. The monoisotopic (exact) mass is 584 g/mol. The summed E-state index contributed by atoms with van der Waals surface area (Å²) in [6.45, 7) is 5.86. The van der Waals surface area contributed by atoms with Crippen molar-refractivity contribution in [3.05, 3.63) is 91.8 Å². The molecule has 3 aromatic carbocycles. The molecular formula is C29H26Cl2N2O5S. The van der Waals surface area contributed by atoms with Crippen molar-refractivity contribution >= 4 is 63.8 Å². The van der Waals surface area contributed by atoms with Crippen LogP contribution in [0.2, 0.25) is 10.0 Å². The molecule has 7 nitrogen and oxygen atoms in total. The number of imide groups is 1. The average molecular weight is 586 g/mol. The van der Waals surface area contributed by atoms with Gasteiger partial charge in [0.05, 0.1) is 16.5 Å². The van der Waals surface area contributed by atoms with Gasteiger partial charge in [-0.3, -0.25) is 19.3 Å². The van der Waals surface area contributed by atoms with E-state index in [1.807, 2.05) is 45.0 Å². The van der Waals surface area contributed by atoms with E-state index in [4.69, 9.17) is 32.7 Å². The molecule has 0 bridgehead atoms. The third kappa shape index (κ3) is 7.35. The Kier molecular flexibility index (Phi) is 9.22. The van der Waals surface area contributed by atoms with Crippen LogP contribution < -0.4 is 14.8 Å². The molecule has 0 saturated carbocycles. The highest BCUT2D eigenvalue weighted by Crippen LogP contribution is 2.34. The number of ether oxygens (including phenoxy) is 2. The minimum absolute atomic E-state index is 0.139. The summed E-state index contributed by atoms with van der Waals surface area (Å²) in [5.74, 6) is 0.276. The second-order valence-corrected chi connectivity index (χ2v) is 10.7. The second kappa shape index (κ2) is 12.6. The first kappa shape index (κ1) is 28.5. The Balaban J connectivity index is 1.32. The summed E-state index contributed by atoms with van der Waals surface area (Å²) in [7, 11) is 0. The molecule has 3 aromatic rings. The summed E-state index contributed by atoms with van der Waals surface area (Å²) in [6, 6.07) is 16.0. The Hall–Kier alpha value is -3.46. The summed E-state index contributed by atoms with van der Waals surface area (Å²) < 4.78 is 11.4. The number of hydrogen-bond donors (Lipinski definition) is 1. The van der Waals surface area contributed by atoms with Crippen molar-refractivity contribution in [2.75, 3.05) is 25.1 Å². The van der Waals surface area contributed by atoms with E-state index in [0.29, 0.717) is 22.0 Å². The van der Waals surface area contributed by atoms with Gasteiger partial charge >= 0.3 is 0 Å². The number of halogens is 2. The van der Waals surface area contributed by atoms with Gasteiger partial charge in [-0.2, -0.15) is 0 Å². The Labute approximate surface area is 241 Å². The Bertz CT molecular complexity index is 1470. The number of anilines is 1. The molecule has 39 heavy (non-hydrogen) atoms. The van der Waals surface area contributed by atoms with E-state index in [2.05, 4.69) is 5.32 Å². The maximum Gasteiger partial charge on any atom is 0.293 e. The van der Waals surface area contributed by atoms with Crippen LogP contribution in [0.15, 0.2) is 59.5 Å². The lowest BCUT2D eigenvalue weighted by Gasteiger charge is -2.14. The van der Waals surface area contributed by atoms with Crippen LogP contribution in [0.25, 0.3) is 6.08 Å². The number of amides is 3. The van der Waals surface area contributed by atoms with Gasteiger partial charge < -0.3 is 14.8 Å². The summed E-state index contributed by atoms with van der Waals surface area (Å²) >= 11 is 13.3. The highest BCUT2D eigenvalue weighted by Gasteiger charge is 2.34. The molecule has 0 atom stereocenters. The quantitative estimate of drug-likeness (QED) is 0.271. The van der Waals surface area contributed by atoms with Crippen LogP contribution in [0.4, 0.5) is 10.5 Å². The van der Waals surface area contributed by atoms with Crippen molar-refractivity contribution in [3.63, 3.8) is 0 Å². The maximum atomic E-state index is 12.9. The van der Waals surface area contributed by atoms with Crippen molar-refractivity contribution in [2.45, 2.75) is 20.8 Å². The van der Waals surface area contributed by atoms with Gasteiger partial charge in [0.15, 0.2) is 6.61 Å². The van der Waals surface area contributed by atoms with Gasteiger partial charge in [0.1, 0.15) is 18.1 Å². The normalized spacial score (nSPS) is 14.2. The summed E-state index contributed by atoms with van der Waals surface area (Å²) in [4.78, 5) is 39.0. The van der Waals surface area contributed by atoms with Crippen molar-refractivity contribution < 1.29 is 23.9 Å². The van der Waals surface area contributed by atoms with Crippen LogP contribution in [0, 0.1) is 20.8 Å². The van der Waals surface area contributed by atoms with Crippen molar-refractivity contribution in [2.24, 2.45) is 0 Å². The van der Waals surface area contributed by atoms with Crippen LogP contribution in [-0.4, -0.2) is 41.7 Å². The zero-order chi connectivity index (χ0) is 28.1. The minimum atomic E-state index is -0.390. The predicted molar refractivity (Wildman–Crippen MR) is 156 cm³/mol. The van der Waals surface area contributed by atoms with Crippen molar-refractivity contribution in [1.82, 2.24) is 4.90 Å². The first-order chi connectivity index (χ1) is 18.6. The number of aryl methyl sites for hydroxylation is 3. The van der Waals surface area contributed by atoms with Gasteiger partial charge in [-0.1, -0.05) is 47.5 Å². The molecule has 0 radical (unpaired) electrons. The number of nitrogens with zero attached hydrogens (tertiary/aromatic N) is 1. The fraction of sp³-hybridized carbons (Fsp3) is 0.207. The molecule has 1 aliphatic heterocycles. The van der Waals surface area contributed by atoms with E-state index < -0.39 is 0 Å². The van der Waals surface area contributed by atoms with E-state index in [9.17, 15) is 14.4 Å². The van der Waals surface area contributed by atoms with Gasteiger partial charge in [0, 0.05) is 10.7 Å². The molecule has 0 aromatic heterocycles. The Morgan fingerprint density at radius 3 is 2.44 bits per heavy atom. The van der Waals surface area contributed by atoms with Gasteiger partial charge in [0.2, 0.25) is 0 Å². The van der Waals surface area contributed by atoms with Crippen LogP contribution in [0.3, 0.4) is 0 Å². The molecule has 0 unspecified atom stereocenters. The summed E-state index contributed by atoms with van der Waals surface area (Å²) in [6.07, 6.45) is 1.60. The Morgan fingerprint density at radius 1 is 0.923 bits per heavy atom. The summed E-state index contributed by atoms with van der Waals surface area (Å²) in [5.41, 5.74) is 4.13. The third-order valence-corrected chi connectivity index (χ3v) is 7.47. The maximum absolute atomic E-state index is 12.9. The van der Waals surface area contributed by atoms with Crippen LogP contribution in [0.5, 0.6) is 11.5 Å². The highest BCUT2D eigenvalue weighted by atomic mass is 35.5. The molecule has 10 heteroatoms. The third-order valence-electron chi connectivity index (χ3n) is 5.86. The number of carbonyl (C=O) groups excluding carboxylic acids is 3. The lowest BCUT2D eigenvalue weighted by Crippen LogP contribution is -2.32. The summed E-state index contributed by atoms with van der Waals surface area (Å²) in [5, 5.41) is 3.17. The highest BCUT2D eigenvalue weighted by molar-refractivity contribution is 8.18. The number of rotatable bonds is 9. The smallest absolute Gasteiger partial charge is 0.293 e. The molecule has 3 amide bonds. The van der Waals surface area contributed by atoms with E-state index >= 15 is 0 Å². The van der Waals surface area contributed by atoms with E-state index in [0.717, 1.165) is 34.2 Å². The fourth-order valence-electron chi connectivity index (χ4n) is 3.69. The zero-order valence-corrected chi connectivity index (χ0v) is 23.9. The van der Waals surface area contributed by atoms with Crippen LogP contribution in [0.1, 0.15) is 22.3 Å². The SMILES string of the molecule is Cc1ccc(C)c(OCCN2C(=O)S/C(=C\c3ccc(OCC(=O)Nc4ccc(C)c(Cl)c4)c(Cl)c3)C2=O)c1. The first-order valence-electron chi connectivity index (χ1n) is 12.0. The topological polar surface area (TPSA) is 84.9 Å². The van der Waals surface area contributed by atoms with Crippen LogP contribution in [-0.2, 0) is 9.59 Å². The first-order valence-corrected chi connectivity index (χ1v) is 13.6. The molecule has 0 aliphatic carbocycles. The number of nitrogens with one attached hydrogen (secondary N) is 1. The second-order valence-electron chi connectivity index (χ2n) is 8.94. The molecule has 202 valence electrons. The standard InChI is InChI=1S/C29H26Cl2N2O5S/c1-17-4-5-19(3)25(12-17)37-11-10-33-28(35)26(39-29(33)36)14-20-7-9-24(23(31)13-20)38-16-27(34)32-21-8-6-18(2)22(30)15-21/h4-9,12-15H,10-11,16H2,1-3H3,(H,32,34)/b26-14-. The van der Waals surface area contributed by atoms with Gasteiger partial charge in [-0.15, -0.1) is 0 Å². The van der Waals surface area contributed by atoms with Gasteiger partial charge in [-0.25, -0.2) is 0 Å². The molecule has 1 saturated heterocycles. The van der Waals surface area contributed by atoms with E-state index in [1.165, 1.54) is 4.90 Å². The van der Waals surface area contributed by atoms with Crippen molar-refractivity contribution in [3.8, 4) is 11.5 Å². The number of benzene rings is 3. The lowest BCUT2D eigenvalue weighted by atomic mass is 10.1. The average Bonchev–Trinajstić information content (AvgIpc) is 3.15. The molecular weight excluding hydrogens is 559 g/mol. The van der Waals surface area contributed by atoms with E-state index in [-0.39, 0.29) is 46.7 Å². The lowest BCUT2D eigenvalue weighted by molar-refractivity contribution is -0.123. The molecule has 0 spiro atoms. The van der Waals surface area contributed by atoms with Gasteiger partial charge in [0.25, 0.3) is 17.1 Å². The molecule has 1 aliphatic rings. The van der Waals surface area contributed by atoms with E-state index in [1.54, 1.807) is 36.4 Å². The largest absolute Gasteiger partial charge is 0.491 e. The predicted octanol–water partition coefficient (Wildman–Crippen LogP) is 7.05. The Morgan fingerprint density at radius 2 is 1.69 bits per heavy atom. The van der Waals surface area contributed by atoms with Crippen LogP contribution >= 0.6 is 35.0 Å². The number of hydrogen-bond acceptors (Lipinski definition) is 6. The number of thioether (sulfide) groups is 1. The fourth-order valence-corrected chi connectivity index (χ4v) is 4.98. The number of carbonyl (C=O) groups is 3. The minimum Gasteiger partial charge on any atom is -0.491 e. The van der Waals surface area contributed by atoms with Gasteiger partial charge in [-0.05, 0) is 91.2 Å². The van der Waals surface area contributed by atoms with Crippen molar-refractivity contribution in [1.29, 1.82) is 0 Å². The molecule has 1 fully saturated rings.